The number of aliphatic carboxylic acids is 1. The number of carbonyl (C=O) groups excluding carboxylic acids is 1. The van der Waals surface area contributed by atoms with Crippen LogP contribution in [0.5, 0.6) is 0 Å². The molecule has 1 saturated heterocycles. The second-order valence-corrected chi connectivity index (χ2v) is 13.3. The van der Waals surface area contributed by atoms with Crippen molar-refractivity contribution in [3.8, 4) is 0 Å². The Morgan fingerprint density at radius 3 is 2.56 bits per heavy atom. The third kappa shape index (κ3) is 10.5. The van der Waals surface area contributed by atoms with E-state index in [4.69, 9.17) is 34.5 Å². The first-order chi connectivity index (χ1) is 25.9. The Morgan fingerprint density at radius 2 is 1.93 bits per heavy atom. The first-order valence-electron chi connectivity index (χ1n) is 17.9. The number of carboxylic acids is 1. The number of ether oxygens (including phenoxy) is 5. The molecule has 1 unspecified atom stereocenters. The van der Waals surface area contributed by atoms with Gasteiger partial charge < -0.3 is 75.4 Å². The van der Waals surface area contributed by atoms with Crippen LogP contribution in [0.1, 0.15) is 32.1 Å². The van der Waals surface area contributed by atoms with Crippen molar-refractivity contribution >= 4 is 17.9 Å². The van der Waals surface area contributed by atoms with Gasteiger partial charge in [0.25, 0.3) is 0 Å². The quantitative estimate of drug-likeness (QED) is 0.0161. The van der Waals surface area contributed by atoms with Crippen molar-refractivity contribution < 1.29 is 73.9 Å². The van der Waals surface area contributed by atoms with Crippen LogP contribution in [-0.4, -0.2) is 150 Å². The van der Waals surface area contributed by atoms with Gasteiger partial charge >= 0.3 is 11.9 Å². The number of carbonyl (C=O) groups is 2. The lowest BCUT2D eigenvalue weighted by atomic mass is 9.83. The predicted molar refractivity (Wildman–Crippen MR) is 188 cm³/mol. The van der Waals surface area contributed by atoms with Crippen LogP contribution in [0.25, 0.3) is 0 Å². The van der Waals surface area contributed by atoms with E-state index in [0.717, 1.165) is 19.1 Å². The van der Waals surface area contributed by atoms with Crippen LogP contribution in [0.15, 0.2) is 64.7 Å². The fourth-order valence-electron chi connectivity index (χ4n) is 6.67. The van der Waals surface area contributed by atoms with Crippen LogP contribution < -0.4 is 21.3 Å². The summed E-state index contributed by atoms with van der Waals surface area (Å²) in [5, 5.41) is 76.7. The van der Waals surface area contributed by atoms with Crippen LogP contribution >= 0.6 is 0 Å². The number of nitrogens with one attached hydrogen (secondary N) is 3. The number of aliphatic hydroxyl groups excluding tert-OH is 4. The summed E-state index contributed by atoms with van der Waals surface area (Å²) in [5.41, 5.74) is 6.59. The van der Waals surface area contributed by atoms with E-state index in [0.29, 0.717) is 29.7 Å². The largest absolute Gasteiger partial charge is 0.478 e. The summed E-state index contributed by atoms with van der Waals surface area (Å²) < 4.78 is 29.1. The minimum atomic E-state index is -2.94. The van der Waals surface area contributed by atoms with Crippen LogP contribution in [-0.2, 0) is 33.3 Å². The van der Waals surface area contributed by atoms with Gasteiger partial charge in [0.05, 0.1) is 49.0 Å². The lowest BCUT2D eigenvalue weighted by molar-refractivity contribution is -0.843. The molecule has 54 heavy (non-hydrogen) atoms. The molecule has 19 heteroatoms. The van der Waals surface area contributed by atoms with Crippen molar-refractivity contribution in [2.45, 2.75) is 74.9 Å². The number of aliphatic hydroxyl groups is 6. The minimum Gasteiger partial charge on any atom is -0.478 e. The highest BCUT2D eigenvalue weighted by molar-refractivity contribution is 5.92. The Morgan fingerprint density at radius 1 is 1.19 bits per heavy atom. The molecule has 4 rings (SSSR count). The van der Waals surface area contributed by atoms with Gasteiger partial charge in [-0.15, -0.1) is 6.58 Å². The average Bonchev–Trinajstić information content (AvgIpc) is 3.65. The monoisotopic (exact) mass is 768 g/mol. The highest BCUT2D eigenvalue weighted by Gasteiger charge is 2.57. The number of hydrogen-bond donors (Lipinski definition) is 11. The fraction of sp³-hybridized carbons (Fsp3) is 0.629. The molecular formula is C35H54N5O14+. The molecule has 19 nitrogen and oxygen atoms in total. The van der Waals surface area contributed by atoms with Gasteiger partial charge in [0.15, 0.2) is 18.4 Å². The third-order valence-electron chi connectivity index (χ3n) is 9.50. The van der Waals surface area contributed by atoms with Gasteiger partial charge in [-0.25, -0.2) is 9.59 Å². The zero-order valence-electron chi connectivity index (χ0n) is 30.2. The Balaban J connectivity index is 1.74. The molecule has 1 aliphatic carbocycles. The number of aliphatic imine (C=N–C) groups is 1. The van der Waals surface area contributed by atoms with E-state index in [1.54, 1.807) is 18.4 Å². The molecule has 2 fully saturated rings. The normalized spacial score (nSPS) is 30.5. The predicted octanol–water partition coefficient (Wildman–Crippen LogP) is -3.58. The third-order valence-corrected chi connectivity index (χ3v) is 9.50. The lowest BCUT2D eigenvalue weighted by Crippen LogP contribution is -3.09. The number of nitrogens with zero attached hydrogens (tertiary/aromatic N) is 1. The molecule has 4 aliphatic rings. The van der Waals surface area contributed by atoms with Crippen LogP contribution in [0.3, 0.4) is 0 Å². The Kier molecular flexibility index (Phi) is 16.1. The number of guanidine groups is 1. The summed E-state index contributed by atoms with van der Waals surface area (Å²) in [4.78, 5) is 31.0. The van der Waals surface area contributed by atoms with Gasteiger partial charge in [-0.3, -0.25) is 10.3 Å². The summed E-state index contributed by atoms with van der Waals surface area (Å²) in [6.45, 7) is 2.94. The number of nitrogens with two attached hydrogens (primary N) is 1. The van der Waals surface area contributed by atoms with E-state index in [-0.39, 0.29) is 68.5 Å². The van der Waals surface area contributed by atoms with Crippen LogP contribution in [0.2, 0.25) is 0 Å². The van der Waals surface area contributed by atoms with E-state index in [9.17, 15) is 40.2 Å². The Bertz CT molecular complexity index is 1460. The molecule has 1 saturated carbocycles. The van der Waals surface area contributed by atoms with Gasteiger partial charge in [0.1, 0.15) is 43.2 Å². The SMILES string of the molecule is C=C[C@H]1[C@H](O[C@@H]2O[C@H](CO)[C@@H](O)C(O)(O)[C@H]2OCNC)OC=C(C(=O)OC2CCCC2)[C@H]1/C=C\C1=C[NH+](CCO)CC(C(=O)O)=C1NC(N)=NCCCO. The molecule has 8 atom stereocenters. The summed E-state index contributed by atoms with van der Waals surface area (Å²) in [6, 6.07) is 0. The topological polar surface area (TPSA) is 289 Å². The number of carboxylic acid groups (broad SMARTS) is 1. The summed E-state index contributed by atoms with van der Waals surface area (Å²) in [7, 11) is 1.54. The molecule has 3 heterocycles. The van der Waals surface area contributed by atoms with Crippen molar-refractivity contribution in [3.63, 3.8) is 0 Å². The molecule has 302 valence electrons. The number of allylic oxidation sites excluding steroid dienone is 2. The van der Waals surface area contributed by atoms with E-state index in [1.165, 1.54) is 13.1 Å². The van der Waals surface area contributed by atoms with E-state index in [1.807, 2.05) is 0 Å². The van der Waals surface area contributed by atoms with Crippen molar-refractivity contribution in [1.82, 2.24) is 10.6 Å². The summed E-state index contributed by atoms with van der Waals surface area (Å²) >= 11 is 0. The van der Waals surface area contributed by atoms with E-state index < -0.39 is 67.1 Å². The maximum atomic E-state index is 13.7. The average molecular weight is 769 g/mol. The minimum absolute atomic E-state index is 0.000265. The van der Waals surface area contributed by atoms with Crippen molar-refractivity contribution in [2.75, 3.05) is 53.2 Å². The summed E-state index contributed by atoms with van der Waals surface area (Å²) in [6.07, 6.45) is 2.59. The zero-order valence-corrected chi connectivity index (χ0v) is 30.2. The first-order valence-corrected chi connectivity index (χ1v) is 17.9. The number of esters is 1. The maximum Gasteiger partial charge on any atom is 0.339 e. The van der Waals surface area contributed by atoms with Crippen molar-refractivity contribution in [3.05, 3.63) is 59.7 Å². The standard InChI is InChI=1S/C35H53N5O14/c1-3-22-23(10-9-20-15-40(12-14-42)16-24(30(45)46)27(20)39-34(36)38-11-6-13-41)25(31(47)52-21-7-4-5-8-21)18-50-32(22)54-33-29(51-19-37-2)35(48,49)28(44)26(17-43)53-33/h3,9-10,15,18,21-23,26,28-29,32-33,37,41-44,48-49H,1,4-8,11-14,16-17,19H2,2H3,(H,45,46)(H3,36,38,39)/p+1/b10-9-/t22-,23+,26-,28-,29+,32+,33+/m1/s1. The Labute approximate surface area is 312 Å². The highest BCUT2D eigenvalue weighted by Crippen LogP contribution is 2.39. The van der Waals surface area contributed by atoms with Gasteiger partial charge in [0.2, 0.25) is 12.1 Å². The Hall–Kier alpha value is -3.73. The number of quaternary nitrogens is 1. The molecular weight excluding hydrogens is 714 g/mol. The van der Waals surface area contributed by atoms with Crippen molar-refractivity contribution in [2.24, 2.45) is 22.6 Å². The molecule has 0 aromatic rings. The molecule has 0 aromatic heterocycles. The number of hydrogen-bond acceptors (Lipinski definition) is 15. The van der Waals surface area contributed by atoms with Gasteiger partial charge in [-0.1, -0.05) is 18.2 Å². The zero-order chi connectivity index (χ0) is 39.4. The van der Waals surface area contributed by atoms with Crippen LogP contribution in [0.4, 0.5) is 0 Å². The lowest BCUT2D eigenvalue weighted by Gasteiger charge is -2.47. The molecule has 0 aromatic carbocycles. The molecule has 3 aliphatic heterocycles. The second-order valence-electron chi connectivity index (χ2n) is 13.3. The number of rotatable bonds is 18. The van der Waals surface area contributed by atoms with Gasteiger partial charge in [-0.2, -0.15) is 0 Å². The first kappa shape index (κ1) is 43.0. The van der Waals surface area contributed by atoms with E-state index >= 15 is 0 Å². The van der Waals surface area contributed by atoms with Crippen molar-refractivity contribution in [1.29, 1.82) is 0 Å². The molecule has 12 N–H and O–H groups in total. The highest BCUT2D eigenvalue weighted by atomic mass is 16.8. The smallest absolute Gasteiger partial charge is 0.339 e. The molecule has 0 spiro atoms. The molecule has 0 radical (unpaired) electrons. The fourth-order valence-corrected chi connectivity index (χ4v) is 6.67. The van der Waals surface area contributed by atoms with Gasteiger partial charge in [0, 0.05) is 19.1 Å². The summed E-state index contributed by atoms with van der Waals surface area (Å²) in [5.74, 6) is -6.75. The van der Waals surface area contributed by atoms with Gasteiger partial charge in [-0.05, 0) is 39.2 Å². The molecule has 0 bridgehead atoms. The molecule has 0 amide bonds. The van der Waals surface area contributed by atoms with E-state index in [2.05, 4.69) is 22.2 Å². The van der Waals surface area contributed by atoms with Crippen LogP contribution in [0, 0.1) is 11.8 Å². The maximum absolute atomic E-state index is 13.7. The second kappa shape index (κ2) is 20.3.